The fourth-order valence-electron chi connectivity index (χ4n) is 2.46. The van der Waals surface area contributed by atoms with Crippen molar-refractivity contribution in [1.82, 2.24) is 10.3 Å². The third kappa shape index (κ3) is 2.22. The largest absolute Gasteiger partial charge is 0.380 e. The van der Waals surface area contributed by atoms with Gasteiger partial charge < -0.3 is 10.6 Å². The maximum Gasteiger partial charge on any atom is 0.277 e. The van der Waals surface area contributed by atoms with Crippen molar-refractivity contribution in [2.75, 3.05) is 18.4 Å². The average molecular weight is 258 g/mol. The third-order valence-corrected chi connectivity index (χ3v) is 3.41. The molecule has 1 fully saturated rings. The van der Waals surface area contributed by atoms with Crippen molar-refractivity contribution in [3.05, 3.63) is 40.7 Å². The van der Waals surface area contributed by atoms with E-state index in [0.29, 0.717) is 11.4 Å². The van der Waals surface area contributed by atoms with Crippen molar-refractivity contribution in [1.29, 1.82) is 0 Å². The van der Waals surface area contributed by atoms with Gasteiger partial charge in [0.25, 0.3) is 5.69 Å². The Morgan fingerprint density at radius 3 is 3.00 bits per heavy atom. The number of nitrogens with one attached hydrogen (secondary N) is 2. The van der Waals surface area contributed by atoms with Gasteiger partial charge in [-0.15, -0.1) is 0 Å². The number of nitro groups is 1. The van der Waals surface area contributed by atoms with E-state index in [2.05, 4.69) is 15.6 Å². The average Bonchev–Trinajstić information content (AvgIpc) is 2.91. The summed E-state index contributed by atoms with van der Waals surface area (Å²) in [5.74, 6) is 0. The van der Waals surface area contributed by atoms with Gasteiger partial charge in [-0.2, -0.15) is 0 Å². The number of non-ortho nitro benzene ring substituents is 1. The molecule has 6 heteroatoms. The molecule has 0 radical (unpaired) electrons. The molecule has 1 aromatic carbocycles. The van der Waals surface area contributed by atoms with Crippen molar-refractivity contribution in [3.8, 4) is 0 Å². The van der Waals surface area contributed by atoms with Gasteiger partial charge in [-0.3, -0.25) is 15.1 Å². The molecule has 1 atom stereocenters. The van der Waals surface area contributed by atoms with Gasteiger partial charge in [0, 0.05) is 42.1 Å². The van der Waals surface area contributed by atoms with Crippen molar-refractivity contribution in [3.63, 3.8) is 0 Å². The van der Waals surface area contributed by atoms with E-state index in [1.54, 1.807) is 30.6 Å². The lowest BCUT2D eigenvalue weighted by Gasteiger charge is -2.14. The van der Waals surface area contributed by atoms with Crippen molar-refractivity contribution in [2.24, 2.45) is 0 Å². The summed E-state index contributed by atoms with van der Waals surface area (Å²) in [4.78, 5) is 14.7. The van der Waals surface area contributed by atoms with Crippen molar-refractivity contribution in [2.45, 2.75) is 12.5 Å². The predicted octanol–water partition coefficient (Wildman–Crippen LogP) is 1.92. The van der Waals surface area contributed by atoms with Crippen LogP contribution in [-0.2, 0) is 0 Å². The second-order valence-corrected chi connectivity index (χ2v) is 4.64. The Morgan fingerprint density at radius 1 is 1.37 bits per heavy atom. The standard InChI is InChI=1S/C13H14N4O2/c18-17(19)13-2-1-12(16-9-3-5-14-7-9)11-8-15-6-4-10(11)13/h1-2,4,6,8-9,14,16H,3,5,7H2. The first-order valence-corrected chi connectivity index (χ1v) is 6.24. The number of nitrogens with zero attached hydrogens (tertiary/aromatic N) is 2. The van der Waals surface area contributed by atoms with Crippen LogP contribution in [0.2, 0.25) is 0 Å². The van der Waals surface area contributed by atoms with Crippen LogP contribution >= 0.6 is 0 Å². The van der Waals surface area contributed by atoms with Crippen LogP contribution in [0.5, 0.6) is 0 Å². The molecular formula is C13H14N4O2. The zero-order valence-electron chi connectivity index (χ0n) is 10.3. The molecule has 3 rings (SSSR count). The zero-order chi connectivity index (χ0) is 13.2. The summed E-state index contributed by atoms with van der Waals surface area (Å²) in [5.41, 5.74) is 1.02. The normalized spacial score (nSPS) is 18.6. The van der Waals surface area contributed by atoms with E-state index in [0.717, 1.165) is 30.6 Å². The van der Waals surface area contributed by atoms with Gasteiger partial charge in [0.1, 0.15) is 0 Å². The summed E-state index contributed by atoms with van der Waals surface area (Å²) in [6.07, 6.45) is 4.31. The van der Waals surface area contributed by atoms with Crippen LogP contribution in [0.3, 0.4) is 0 Å². The third-order valence-electron chi connectivity index (χ3n) is 3.41. The van der Waals surface area contributed by atoms with Gasteiger partial charge in [-0.1, -0.05) is 0 Å². The number of fused-ring (bicyclic) bond motifs is 1. The lowest BCUT2D eigenvalue weighted by Crippen LogP contribution is -2.22. The highest BCUT2D eigenvalue weighted by Crippen LogP contribution is 2.31. The molecule has 2 aromatic rings. The zero-order valence-corrected chi connectivity index (χ0v) is 10.3. The molecule has 0 amide bonds. The number of hydrogen-bond acceptors (Lipinski definition) is 5. The quantitative estimate of drug-likeness (QED) is 0.649. The first-order chi connectivity index (χ1) is 9.25. The summed E-state index contributed by atoms with van der Waals surface area (Å²) in [6, 6.07) is 5.36. The van der Waals surface area contributed by atoms with Gasteiger partial charge in [0.15, 0.2) is 0 Å². The number of rotatable bonds is 3. The first-order valence-electron chi connectivity index (χ1n) is 6.24. The number of benzene rings is 1. The van der Waals surface area contributed by atoms with E-state index in [1.807, 2.05) is 0 Å². The second-order valence-electron chi connectivity index (χ2n) is 4.64. The maximum atomic E-state index is 11.0. The van der Waals surface area contributed by atoms with Crippen LogP contribution in [0.1, 0.15) is 6.42 Å². The van der Waals surface area contributed by atoms with E-state index in [9.17, 15) is 10.1 Å². The second kappa shape index (κ2) is 4.81. The van der Waals surface area contributed by atoms with Crippen LogP contribution in [0.15, 0.2) is 30.6 Å². The molecule has 1 aliphatic heterocycles. The van der Waals surface area contributed by atoms with E-state index in [4.69, 9.17) is 0 Å². The van der Waals surface area contributed by atoms with Gasteiger partial charge in [0.05, 0.1) is 10.3 Å². The minimum Gasteiger partial charge on any atom is -0.380 e. The molecule has 98 valence electrons. The minimum atomic E-state index is -0.358. The fourth-order valence-corrected chi connectivity index (χ4v) is 2.46. The summed E-state index contributed by atoms with van der Waals surface area (Å²) in [6.45, 7) is 1.92. The monoisotopic (exact) mass is 258 g/mol. The van der Waals surface area contributed by atoms with Crippen LogP contribution in [0.25, 0.3) is 10.8 Å². The van der Waals surface area contributed by atoms with E-state index >= 15 is 0 Å². The van der Waals surface area contributed by atoms with Crippen LogP contribution in [0.4, 0.5) is 11.4 Å². The Balaban J connectivity index is 2.05. The fraction of sp³-hybridized carbons (Fsp3) is 0.308. The molecule has 6 nitrogen and oxygen atoms in total. The Bertz CT molecular complexity index is 623. The topological polar surface area (TPSA) is 80.1 Å². The lowest BCUT2D eigenvalue weighted by molar-refractivity contribution is -0.383. The Kier molecular flexibility index (Phi) is 3.00. The summed E-state index contributed by atoms with van der Waals surface area (Å²) in [5, 5.41) is 19.2. The van der Waals surface area contributed by atoms with Gasteiger partial charge >= 0.3 is 0 Å². The molecule has 0 bridgehead atoms. The van der Waals surface area contributed by atoms with E-state index in [-0.39, 0.29) is 10.6 Å². The summed E-state index contributed by atoms with van der Waals surface area (Å²) >= 11 is 0. The SMILES string of the molecule is O=[N+]([O-])c1ccc(NC2CCNC2)c2cnccc12. The molecule has 0 spiro atoms. The number of hydrogen-bond donors (Lipinski definition) is 2. The number of aromatic nitrogens is 1. The predicted molar refractivity (Wildman–Crippen MR) is 73.3 cm³/mol. The highest BCUT2D eigenvalue weighted by atomic mass is 16.6. The molecule has 2 heterocycles. The van der Waals surface area contributed by atoms with Gasteiger partial charge in [-0.25, -0.2) is 0 Å². The van der Waals surface area contributed by atoms with Gasteiger partial charge in [0.2, 0.25) is 0 Å². The molecular weight excluding hydrogens is 244 g/mol. The highest BCUT2D eigenvalue weighted by Gasteiger charge is 2.18. The van der Waals surface area contributed by atoms with Crippen LogP contribution < -0.4 is 10.6 Å². The van der Waals surface area contributed by atoms with E-state index < -0.39 is 0 Å². The Labute approximate surface area is 110 Å². The Morgan fingerprint density at radius 2 is 2.26 bits per heavy atom. The minimum absolute atomic E-state index is 0.118. The Hall–Kier alpha value is -2.21. The van der Waals surface area contributed by atoms with Crippen molar-refractivity contribution < 1.29 is 4.92 Å². The number of pyridine rings is 1. The molecule has 0 aliphatic carbocycles. The molecule has 1 aromatic heterocycles. The van der Waals surface area contributed by atoms with E-state index in [1.165, 1.54) is 0 Å². The molecule has 1 aliphatic rings. The summed E-state index contributed by atoms with van der Waals surface area (Å²) in [7, 11) is 0. The number of anilines is 1. The van der Waals surface area contributed by atoms with Crippen LogP contribution in [-0.4, -0.2) is 29.0 Å². The maximum absolute atomic E-state index is 11.0. The molecule has 2 N–H and O–H groups in total. The van der Waals surface area contributed by atoms with Gasteiger partial charge in [-0.05, 0) is 25.1 Å². The first kappa shape index (κ1) is 11.9. The molecule has 1 saturated heterocycles. The molecule has 19 heavy (non-hydrogen) atoms. The molecule has 1 unspecified atom stereocenters. The highest BCUT2D eigenvalue weighted by molar-refractivity contribution is 5.99. The summed E-state index contributed by atoms with van der Waals surface area (Å²) < 4.78 is 0. The van der Waals surface area contributed by atoms with Crippen molar-refractivity contribution >= 4 is 22.1 Å². The number of nitro benzene ring substituents is 1. The molecule has 0 saturated carbocycles. The lowest BCUT2D eigenvalue weighted by atomic mass is 10.1. The smallest absolute Gasteiger partial charge is 0.277 e. The van der Waals surface area contributed by atoms with Crippen LogP contribution in [0, 0.1) is 10.1 Å².